The summed E-state index contributed by atoms with van der Waals surface area (Å²) in [5.41, 5.74) is 0.222. The Morgan fingerprint density at radius 2 is 1.27 bits per heavy atom. The van der Waals surface area contributed by atoms with E-state index in [0.717, 1.165) is 24.3 Å². The molecule has 0 N–H and O–H groups in total. The summed E-state index contributed by atoms with van der Waals surface area (Å²) in [5.74, 6) is 1.75. The van der Waals surface area contributed by atoms with Crippen LogP contribution in [-0.4, -0.2) is 83.0 Å². The van der Waals surface area contributed by atoms with Gasteiger partial charge in [-0.25, -0.2) is 0 Å². The van der Waals surface area contributed by atoms with Crippen molar-refractivity contribution in [3.8, 4) is 0 Å². The first-order valence-corrected chi connectivity index (χ1v) is 16.2. The maximum absolute atomic E-state index is 12.1. The molecule has 37 heavy (non-hydrogen) atoms. The third-order valence-electron chi connectivity index (χ3n) is 4.65. The number of hydrogen-bond acceptors (Lipinski definition) is 11. The highest BCUT2D eigenvalue weighted by Crippen LogP contribution is 2.26. The average molecular weight is 618 g/mol. The maximum Gasteiger partial charge on any atom is 0.305 e. The van der Waals surface area contributed by atoms with Crippen molar-refractivity contribution in [3.05, 3.63) is 0 Å². The smallest absolute Gasteiger partial charge is 0.305 e. The highest BCUT2D eigenvalue weighted by Gasteiger charge is 2.38. The van der Waals surface area contributed by atoms with Gasteiger partial charge in [0, 0.05) is 50.2 Å². The number of rotatable bonds is 18. The second kappa shape index (κ2) is 24.4. The molecular formula is C23H41NO8P2S3. The van der Waals surface area contributed by atoms with Crippen molar-refractivity contribution in [3.63, 3.8) is 0 Å². The number of ether oxygens (including phenoxy) is 2. The second-order valence-corrected chi connectivity index (χ2v) is 12.9. The van der Waals surface area contributed by atoms with Crippen LogP contribution in [0.4, 0.5) is 0 Å². The lowest BCUT2D eigenvalue weighted by molar-refractivity contribution is -0.143. The molecule has 214 valence electrons. The number of methoxy groups -OCH3 is 2. The molecule has 1 heterocycles. The van der Waals surface area contributed by atoms with E-state index < -0.39 is 0 Å². The molecule has 0 bridgehead atoms. The summed E-state index contributed by atoms with van der Waals surface area (Å²) in [6.07, 6.45) is 4.91. The van der Waals surface area contributed by atoms with E-state index in [2.05, 4.69) is 28.0 Å². The van der Waals surface area contributed by atoms with E-state index in [-0.39, 0.29) is 66.9 Å². The summed E-state index contributed by atoms with van der Waals surface area (Å²) in [4.78, 5) is 68.2. The van der Waals surface area contributed by atoms with Gasteiger partial charge in [0.2, 0.25) is 11.8 Å². The van der Waals surface area contributed by atoms with Crippen LogP contribution in [0.5, 0.6) is 0 Å². The zero-order chi connectivity index (χ0) is 27.3. The topological polar surface area (TPSA) is 124 Å². The van der Waals surface area contributed by atoms with E-state index in [1.165, 1.54) is 30.9 Å². The maximum atomic E-state index is 12.1. The van der Waals surface area contributed by atoms with Crippen molar-refractivity contribution in [1.82, 2.24) is 4.90 Å². The van der Waals surface area contributed by atoms with Crippen LogP contribution in [-0.2, 0) is 38.2 Å². The van der Waals surface area contributed by atoms with Gasteiger partial charge in [-0.05, 0) is 31.4 Å². The minimum atomic E-state index is -0.352. The lowest BCUT2D eigenvalue weighted by atomic mass is 10.3. The number of nitrogens with zero attached hydrogens (tertiary/aromatic N) is 1. The first-order valence-electron chi connectivity index (χ1n) is 11.5. The zero-order valence-electron chi connectivity index (χ0n) is 20.9. The lowest BCUT2D eigenvalue weighted by Gasteiger charge is -2.14. The zero-order valence-corrected chi connectivity index (χ0v) is 25.6. The van der Waals surface area contributed by atoms with Crippen molar-refractivity contribution >= 4 is 86.6 Å². The van der Waals surface area contributed by atoms with Gasteiger partial charge in [-0.3, -0.25) is 33.7 Å². The van der Waals surface area contributed by atoms with Crippen molar-refractivity contribution < 1.29 is 38.2 Å². The Hall–Kier alpha value is -0.670. The molecule has 1 aliphatic rings. The molecule has 0 aliphatic carbocycles. The predicted molar refractivity (Wildman–Crippen MR) is 160 cm³/mol. The van der Waals surface area contributed by atoms with Crippen molar-refractivity contribution in [1.29, 1.82) is 0 Å². The van der Waals surface area contributed by atoms with Gasteiger partial charge in [-0.1, -0.05) is 47.5 Å². The molecule has 0 aromatic rings. The first-order chi connectivity index (χ1) is 17.1. The molecule has 0 aromatic heterocycles. The Bertz CT molecular complexity index is 743. The third-order valence-corrected chi connectivity index (χ3v) is 9.10. The van der Waals surface area contributed by atoms with Crippen LogP contribution in [0.1, 0.15) is 65.2 Å². The largest absolute Gasteiger partial charge is 0.469 e. The predicted octanol–water partition coefficient (Wildman–Crippen LogP) is 4.12. The normalized spacial score (nSPS) is 14.4. The number of amides is 2. The molecule has 1 aliphatic heterocycles. The quantitative estimate of drug-likeness (QED) is 0.0725. The molecule has 2 amide bonds. The van der Waals surface area contributed by atoms with Crippen LogP contribution in [0.25, 0.3) is 0 Å². The van der Waals surface area contributed by atoms with Crippen LogP contribution in [0.15, 0.2) is 0 Å². The highest BCUT2D eigenvalue weighted by atomic mass is 33.1. The van der Waals surface area contributed by atoms with Gasteiger partial charge in [0.25, 0.3) is 0 Å². The van der Waals surface area contributed by atoms with Crippen LogP contribution < -0.4 is 0 Å². The summed E-state index contributed by atoms with van der Waals surface area (Å²) in [7, 11) is 10.5. The summed E-state index contributed by atoms with van der Waals surface area (Å²) < 4.78 is 9.04. The monoisotopic (exact) mass is 617 g/mol. The number of imide groups is 1. The molecule has 1 rings (SSSR count). The van der Waals surface area contributed by atoms with Crippen LogP contribution >= 0.6 is 51.8 Å². The van der Waals surface area contributed by atoms with Gasteiger partial charge in [0.15, 0.2) is 0 Å². The SMILES string of the molecule is C.COC(=O)CCCN1C(=O)CC(SCCCC(=O)P)C1=O.COC(=O)CCCSSCCCC(=O)P. The Morgan fingerprint density at radius 1 is 0.811 bits per heavy atom. The molecule has 14 heteroatoms. The molecule has 0 saturated carbocycles. The fraction of sp³-hybridized carbons (Fsp3) is 0.739. The summed E-state index contributed by atoms with van der Waals surface area (Å²) in [6.45, 7) is 0.258. The summed E-state index contributed by atoms with van der Waals surface area (Å²) >= 11 is 1.42. The van der Waals surface area contributed by atoms with Gasteiger partial charge >= 0.3 is 11.9 Å². The summed E-state index contributed by atoms with van der Waals surface area (Å²) in [6, 6.07) is 0. The van der Waals surface area contributed by atoms with E-state index in [4.69, 9.17) is 0 Å². The molecule has 3 unspecified atom stereocenters. The second-order valence-electron chi connectivity index (χ2n) is 7.59. The lowest BCUT2D eigenvalue weighted by Crippen LogP contribution is -2.32. The molecule has 0 radical (unpaired) electrons. The molecule has 1 fully saturated rings. The van der Waals surface area contributed by atoms with E-state index in [0.29, 0.717) is 37.9 Å². The van der Waals surface area contributed by atoms with Gasteiger partial charge in [-0.15, -0.1) is 11.8 Å². The Kier molecular flexibility index (Phi) is 25.3. The fourth-order valence-electron chi connectivity index (χ4n) is 2.77. The van der Waals surface area contributed by atoms with Crippen molar-refractivity contribution in [2.75, 3.05) is 38.0 Å². The highest BCUT2D eigenvalue weighted by molar-refractivity contribution is 8.76. The van der Waals surface area contributed by atoms with Gasteiger partial charge in [0.05, 0.1) is 19.5 Å². The molecule has 1 saturated heterocycles. The molecule has 0 aromatic carbocycles. The van der Waals surface area contributed by atoms with Crippen molar-refractivity contribution in [2.45, 2.75) is 70.5 Å². The molecule has 3 atom stereocenters. The molecule has 9 nitrogen and oxygen atoms in total. The number of carbonyl (C=O) groups excluding carboxylic acids is 6. The third kappa shape index (κ3) is 20.9. The van der Waals surface area contributed by atoms with E-state index >= 15 is 0 Å². The number of carbonyl (C=O) groups is 6. The van der Waals surface area contributed by atoms with Crippen LogP contribution in [0.3, 0.4) is 0 Å². The van der Waals surface area contributed by atoms with Gasteiger partial charge in [-0.2, -0.15) is 0 Å². The first kappa shape index (κ1) is 38.5. The van der Waals surface area contributed by atoms with Crippen molar-refractivity contribution in [2.24, 2.45) is 0 Å². The standard InChI is InChI=1S/C13H20NO5PS.C9H17O3PS2.CH4/c1-19-11(16)4-2-6-14-10(15)8-9(13(14)18)21-7-3-5-12(17)20;1-12-8(10)4-2-6-14-15-7-3-5-9(11)13;/h9H,2-8,20H2,1H3;2-7,13H2,1H3;1H4. The number of hydrogen-bond donors (Lipinski definition) is 0. The Labute approximate surface area is 237 Å². The van der Waals surface area contributed by atoms with Crippen LogP contribution in [0, 0.1) is 0 Å². The van der Waals surface area contributed by atoms with Gasteiger partial charge < -0.3 is 9.47 Å². The molecule has 0 spiro atoms. The Balaban J connectivity index is 0. The number of esters is 2. The van der Waals surface area contributed by atoms with E-state index in [1.54, 1.807) is 21.6 Å². The minimum absolute atomic E-state index is 0. The number of thioether (sulfide) groups is 1. The minimum Gasteiger partial charge on any atom is -0.469 e. The number of likely N-dealkylation sites (tertiary alicyclic amines) is 1. The van der Waals surface area contributed by atoms with Gasteiger partial charge in [0.1, 0.15) is 11.0 Å². The summed E-state index contributed by atoms with van der Waals surface area (Å²) in [5, 5.41) is -0.352. The molecular weight excluding hydrogens is 576 g/mol. The average Bonchev–Trinajstić information content (AvgIpc) is 3.10. The van der Waals surface area contributed by atoms with Crippen LogP contribution in [0.2, 0.25) is 0 Å². The van der Waals surface area contributed by atoms with E-state index in [1.807, 2.05) is 0 Å². The fourth-order valence-corrected chi connectivity index (χ4v) is 6.48. The Morgan fingerprint density at radius 3 is 1.76 bits per heavy atom. The van der Waals surface area contributed by atoms with E-state index in [9.17, 15) is 28.8 Å².